The Hall–Kier alpha value is -2.24. The number of nitrogens with one attached hydrogen (secondary N) is 1. The Balaban J connectivity index is 2.01. The molecule has 0 aliphatic rings. The first kappa shape index (κ1) is 17.1. The Morgan fingerprint density at radius 1 is 1.26 bits per heavy atom. The highest BCUT2D eigenvalue weighted by Gasteiger charge is 2.18. The molecule has 1 heterocycles. The molecule has 2 rings (SSSR count). The van der Waals surface area contributed by atoms with Crippen molar-refractivity contribution < 1.29 is 4.79 Å². The second kappa shape index (κ2) is 8.41. The van der Waals surface area contributed by atoms with E-state index in [1.807, 2.05) is 0 Å². The van der Waals surface area contributed by atoms with Crippen molar-refractivity contribution in [2.24, 2.45) is 5.92 Å². The molecule has 0 saturated heterocycles. The summed E-state index contributed by atoms with van der Waals surface area (Å²) in [5.74, 6) is 0.209. The van der Waals surface area contributed by atoms with Crippen molar-refractivity contribution in [1.82, 2.24) is 25.5 Å². The minimum absolute atomic E-state index is 0.0146. The number of tetrazole rings is 1. The average Bonchev–Trinajstić information content (AvgIpc) is 3.04. The Morgan fingerprint density at radius 3 is 2.57 bits per heavy atom. The van der Waals surface area contributed by atoms with Gasteiger partial charge in [0.25, 0.3) is 0 Å². The molecule has 1 N–H and O–H groups in total. The van der Waals surface area contributed by atoms with E-state index in [4.69, 9.17) is 0 Å². The molecule has 0 bridgehead atoms. The number of benzene rings is 1. The number of nitrogens with zero attached hydrogens (tertiary/aromatic N) is 4. The normalized spacial score (nSPS) is 12.3. The molecule has 1 unspecified atom stereocenters. The van der Waals surface area contributed by atoms with Crippen molar-refractivity contribution in [2.45, 2.75) is 52.6 Å². The predicted molar refractivity (Wildman–Crippen MR) is 88.6 cm³/mol. The monoisotopic (exact) mass is 315 g/mol. The van der Waals surface area contributed by atoms with Crippen LogP contribution in [-0.4, -0.2) is 26.1 Å². The zero-order valence-electron chi connectivity index (χ0n) is 14.1. The zero-order chi connectivity index (χ0) is 16.7. The van der Waals surface area contributed by atoms with E-state index in [0.29, 0.717) is 5.92 Å². The van der Waals surface area contributed by atoms with Crippen LogP contribution in [0.2, 0.25) is 0 Å². The third kappa shape index (κ3) is 5.16. The Labute approximate surface area is 137 Å². The number of carbonyl (C=O) groups excluding carboxylic acids is 1. The highest BCUT2D eigenvalue weighted by Crippen LogP contribution is 2.22. The molecule has 0 aliphatic carbocycles. The lowest BCUT2D eigenvalue weighted by Gasteiger charge is -2.23. The lowest BCUT2D eigenvalue weighted by atomic mass is 9.94. The molecule has 0 spiro atoms. The molecule has 6 heteroatoms. The number of aromatic nitrogens is 4. The van der Waals surface area contributed by atoms with E-state index in [9.17, 15) is 4.79 Å². The largest absolute Gasteiger partial charge is 0.347 e. The molecular formula is C17H25N5O. The molecule has 0 aliphatic heterocycles. The highest BCUT2D eigenvalue weighted by molar-refractivity contribution is 5.76. The number of carbonyl (C=O) groups is 1. The van der Waals surface area contributed by atoms with Crippen LogP contribution in [0.3, 0.4) is 0 Å². The van der Waals surface area contributed by atoms with Gasteiger partial charge in [0.15, 0.2) is 0 Å². The van der Waals surface area contributed by atoms with Crippen LogP contribution < -0.4 is 5.32 Å². The van der Waals surface area contributed by atoms with Crippen LogP contribution in [0.15, 0.2) is 30.6 Å². The predicted octanol–water partition coefficient (Wildman–Crippen LogP) is 2.53. The third-order valence-electron chi connectivity index (χ3n) is 3.84. The molecule has 2 aromatic rings. The second-order valence-corrected chi connectivity index (χ2v) is 6.14. The van der Waals surface area contributed by atoms with Crippen molar-refractivity contribution >= 4 is 5.91 Å². The lowest BCUT2D eigenvalue weighted by molar-refractivity contribution is -0.123. The van der Waals surface area contributed by atoms with Crippen LogP contribution >= 0.6 is 0 Å². The van der Waals surface area contributed by atoms with E-state index in [1.54, 1.807) is 0 Å². The van der Waals surface area contributed by atoms with Crippen LogP contribution in [0.25, 0.3) is 0 Å². The number of rotatable bonds is 8. The fourth-order valence-corrected chi connectivity index (χ4v) is 2.53. The summed E-state index contributed by atoms with van der Waals surface area (Å²) in [4.78, 5) is 12.2. The van der Waals surface area contributed by atoms with Gasteiger partial charge in [0.05, 0.1) is 6.04 Å². The molecule has 6 nitrogen and oxygen atoms in total. The fraction of sp³-hybridized carbons (Fsp3) is 0.529. The van der Waals surface area contributed by atoms with Gasteiger partial charge in [0.2, 0.25) is 5.91 Å². The van der Waals surface area contributed by atoms with Gasteiger partial charge in [-0.3, -0.25) is 4.79 Å². The van der Waals surface area contributed by atoms with Crippen molar-refractivity contribution in [1.29, 1.82) is 0 Å². The number of hydrogen-bond acceptors (Lipinski definition) is 4. The third-order valence-corrected chi connectivity index (χ3v) is 3.84. The smallest absolute Gasteiger partial charge is 0.242 e. The SMILES string of the molecule is CCCCc1ccc(C(NC(=O)Cn2cnnn2)C(C)C)cc1. The van der Waals surface area contributed by atoms with Crippen LogP contribution in [-0.2, 0) is 17.8 Å². The van der Waals surface area contributed by atoms with E-state index in [1.165, 1.54) is 29.4 Å². The van der Waals surface area contributed by atoms with Crippen LogP contribution in [0.1, 0.15) is 50.8 Å². The van der Waals surface area contributed by atoms with Gasteiger partial charge >= 0.3 is 0 Å². The van der Waals surface area contributed by atoms with E-state index in [0.717, 1.165) is 12.0 Å². The van der Waals surface area contributed by atoms with Gasteiger partial charge in [-0.05, 0) is 40.3 Å². The van der Waals surface area contributed by atoms with Gasteiger partial charge in [-0.1, -0.05) is 51.5 Å². The lowest BCUT2D eigenvalue weighted by Crippen LogP contribution is -2.34. The summed E-state index contributed by atoms with van der Waals surface area (Å²) in [5.41, 5.74) is 2.48. The molecular weight excluding hydrogens is 290 g/mol. The van der Waals surface area contributed by atoms with E-state index < -0.39 is 0 Å². The standard InChI is InChI=1S/C17H25N5O/c1-4-5-6-14-7-9-15(10-8-14)17(13(2)3)19-16(23)11-22-12-18-20-21-22/h7-10,12-13,17H,4-6,11H2,1-3H3,(H,19,23). The zero-order valence-corrected chi connectivity index (χ0v) is 14.1. The molecule has 1 aromatic carbocycles. The van der Waals surface area contributed by atoms with Crippen molar-refractivity contribution in [3.63, 3.8) is 0 Å². The van der Waals surface area contributed by atoms with E-state index in [-0.39, 0.29) is 18.5 Å². The molecule has 124 valence electrons. The van der Waals surface area contributed by atoms with Crippen LogP contribution in [0.4, 0.5) is 0 Å². The van der Waals surface area contributed by atoms with Gasteiger partial charge in [-0.15, -0.1) is 5.10 Å². The minimum Gasteiger partial charge on any atom is -0.347 e. The number of amides is 1. The number of aryl methyl sites for hydroxylation is 1. The molecule has 0 fully saturated rings. The minimum atomic E-state index is -0.0916. The first-order chi connectivity index (χ1) is 11.1. The van der Waals surface area contributed by atoms with Gasteiger partial charge in [-0.2, -0.15) is 0 Å². The van der Waals surface area contributed by atoms with Gasteiger partial charge < -0.3 is 5.32 Å². The van der Waals surface area contributed by atoms with Gasteiger partial charge in [0, 0.05) is 0 Å². The summed E-state index contributed by atoms with van der Waals surface area (Å²) in [7, 11) is 0. The number of hydrogen-bond donors (Lipinski definition) is 1. The highest BCUT2D eigenvalue weighted by atomic mass is 16.2. The Bertz CT molecular complexity index is 592. The van der Waals surface area contributed by atoms with Crippen molar-refractivity contribution in [2.75, 3.05) is 0 Å². The maximum absolute atomic E-state index is 12.2. The maximum atomic E-state index is 12.2. The van der Waals surface area contributed by atoms with Crippen LogP contribution in [0, 0.1) is 5.92 Å². The first-order valence-corrected chi connectivity index (χ1v) is 8.19. The topological polar surface area (TPSA) is 72.7 Å². The molecule has 1 aromatic heterocycles. The van der Waals surface area contributed by atoms with Gasteiger partial charge in [-0.25, -0.2) is 4.68 Å². The average molecular weight is 315 g/mol. The molecule has 23 heavy (non-hydrogen) atoms. The van der Waals surface area contributed by atoms with Crippen molar-refractivity contribution in [3.05, 3.63) is 41.7 Å². The summed E-state index contributed by atoms with van der Waals surface area (Å²) in [6.07, 6.45) is 4.94. The number of unbranched alkanes of at least 4 members (excludes halogenated alkanes) is 1. The molecule has 1 amide bonds. The summed E-state index contributed by atoms with van der Waals surface area (Å²) in [5, 5.41) is 13.9. The summed E-state index contributed by atoms with van der Waals surface area (Å²) < 4.78 is 1.42. The second-order valence-electron chi connectivity index (χ2n) is 6.14. The molecule has 0 radical (unpaired) electrons. The maximum Gasteiger partial charge on any atom is 0.242 e. The molecule has 0 saturated carbocycles. The summed E-state index contributed by atoms with van der Waals surface area (Å²) in [6.45, 7) is 6.54. The molecule has 1 atom stereocenters. The summed E-state index contributed by atoms with van der Waals surface area (Å²) >= 11 is 0. The van der Waals surface area contributed by atoms with E-state index >= 15 is 0 Å². The Kier molecular flexibility index (Phi) is 6.26. The van der Waals surface area contributed by atoms with Gasteiger partial charge in [0.1, 0.15) is 12.9 Å². The summed E-state index contributed by atoms with van der Waals surface area (Å²) in [6, 6.07) is 8.54. The fourth-order valence-electron chi connectivity index (χ4n) is 2.53. The van der Waals surface area contributed by atoms with Crippen LogP contribution in [0.5, 0.6) is 0 Å². The van der Waals surface area contributed by atoms with Crippen molar-refractivity contribution in [3.8, 4) is 0 Å². The van der Waals surface area contributed by atoms with E-state index in [2.05, 4.69) is 65.9 Å². The quantitative estimate of drug-likeness (QED) is 0.812. The Morgan fingerprint density at radius 2 is 2.00 bits per heavy atom. The first-order valence-electron chi connectivity index (χ1n) is 8.19.